The highest BCUT2D eigenvalue weighted by Crippen LogP contribution is 2.32. The van der Waals surface area contributed by atoms with Crippen molar-refractivity contribution in [1.82, 2.24) is 20.5 Å². The van der Waals surface area contributed by atoms with Crippen molar-refractivity contribution in [2.24, 2.45) is 0 Å². The van der Waals surface area contributed by atoms with E-state index in [0.29, 0.717) is 56.8 Å². The number of aromatic nitrogens is 1. The average Bonchev–Trinajstić information content (AvgIpc) is 3.00. The lowest BCUT2D eigenvalue weighted by molar-refractivity contribution is -0.00430. The highest BCUT2D eigenvalue weighted by molar-refractivity contribution is 5.96. The van der Waals surface area contributed by atoms with Crippen molar-refractivity contribution in [2.45, 2.75) is 57.3 Å². The molecule has 11 heteroatoms. The second-order valence-electron chi connectivity index (χ2n) is 11.0. The van der Waals surface area contributed by atoms with Crippen LogP contribution < -0.4 is 15.4 Å². The lowest BCUT2D eigenvalue weighted by Crippen LogP contribution is -2.43. The number of aldehydes is 1. The van der Waals surface area contributed by atoms with Crippen LogP contribution >= 0.6 is 0 Å². The number of nitrogens with one attached hydrogen (secondary N) is 2. The van der Waals surface area contributed by atoms with Crippen LogP contribution in [0.1, 0.15) is 58.9 Å². The van der Waals surface area contributed by atoms with Gasteiger partial charge in [0.05, 0.1) is 19.4 Å². The van der Waals surface area contributed by atoms with Crippen LogP contribution in [0, 0.1) is 5.82 Å². The van der Waals surface area contributed by atoms with E-state index in [4.69, 9.17) is 14.6 Å². The van der Waals surface area contributed by atoms with Gasteiger partial charge in [-0.3, -0.25) is 14.5 Å². The maximum absolute atomic E-state index is 14.2. The Kier molecular flexibility index (Phi) is 9.63. The van der Waals surface area contributed by atoms with Gasteiger partial charge in [0.15, 0.2) is 0 Å². The molecule has 0 spiro atoms. The Bertz CT molecular complexity index is 1480. The van der Waals surface area contributed by atoms with Crippen LogP contribution in [0.25, 0.3) is 11.1 Å². The summed E-state index contributed by atoms with van der Waals surface area (Å²) in [5.74, 6) is -0.802. The molecule has 1 atom stereocenters. The zero-order valence-corrected chi connectivity index (χ0v) is 23.9. The Balaban J connectivity index is 1.34. The lowest BCUT2D eigenvalue weighted by atomic mass is 9.91. The average molecular weight is 591 g/mol. The summed E-state index contributed by atoms with van der Waals surface area (Å²) in [6.07, 6.45) is 3.13. The van der Waals surface area contributed by atoms with Crippen molar-refractivity contribution in [1.29, 1.82) is 0 Å². The van der Waals surface area contributed by atoms with E-state index in [1.54, 1.807) is 12.1 Å². The number of nitrogens with zero attached hydrogens (tertiary/aromatic N) is 2. The van der Waals surface area contributed by atoms with E-state index in [1.165, 1.54) is 0 Å². The molecule has 2 aromatic carbocycles. The van der Waals surface area contributed by atoms with Crippen LogP contribution in [0.5, 0.6) is 11.6 Å². The number of benzene rings is 2. The summed E-state index contributed by atoms with van der Waals surface area (Å²) in [6.45, 7) is 4.85. The number of ether oxygens (including phenoxy) is 2. The lowest BCUT2D eigenvalue weighted by Gasteiger charge is -2.33. The first-order valence-corrected chi connectivity index (χ1v) is 14.4. The fraction of sp³-hybridized carbons (Fsp3) is 0.375. The van der Waals surface area contributed by atoms with Crippen molar-refractivity contribution in [3.8, 4) is 22.8 Å². The maximum Gasteiger partial charge on any atom is 0.404 e. The number of pyridine rings is 1. The maximum atomic E-state index is 14.2. The number of halogens is 1. The van der Waals surface area contributed by atoms with Crippen LogP contribution in [0.15, 0.2) is 54.7 Å². The third-order valence-electron chi connectivity index (χ3n) is 7.96. The van der Waals surface area contributed by atoms with Gasteiger partial charge in [-0.2, -0.15) is 0 Å². The van der Waals surface area contributed by atoms with Gasteiger partial charge < -0.3 is 25.2 Å². The first-order valence-electron chi connectivity index (χ1n) is 14.4. The molecule has 2 fully saturated rings. The largest absolute Gasteiger partial charge is 0.465 e. The third-order valence-corrected chi connectivity index (χ3v) is 7.96. The molecule has 43 heavy (non-hydrogen) atoms. The monoisotopic (exact) mass is 590 g/mol. The van der Waals surface area contributed by atoms with E-state index in [0.717, 1.165) is 41.8 Å². The van der Waals surface area contributed by atoms with Gasteiger partial charge in [-0.15, -0.1) is 0 Å². The molecule has 0 radical (unpaired) electrons. The topological polar surface area (TPSA) is 130 Å². The van der Waals surface area contributed by atoms with Crippen molar-refractivity contribution >= 4 is 18.3 Å². The minimum absolute atomic E-state index is 0.0315. The molecule has 5 rings (SSSR count). The molecule has 1 saturated heterocycles. The first-order chi connectivity index (χ1) is 20.8. The second-order valence-corrected chi connectivity index (χ2v) is 11.0. The van der Waals surface area contributed by atoms with E-state index in [2.05, 4.69) is 27.4 Å². The van der Waals surface area contributed by atoms with E-state index in [1.807, 2.05) is 30.3 Å². The molecule has 2 heterocycles. The molecule has 3 N–H and O–H groups in total. The standard InChI is InChI=1S/C32H35FN4O6/c1-20-19-42-12-11-37(20)17-23-13-21(18-38)5-10-28(23)22-3-2-4-27(14-22)43-31-29(15-24(33)16-34-31)30(39)35-25-6-8-26(9-7-25)36-32(40)41/h2-5,10,13-16,18,20,25-26,36H,6-9,11-12,17,19H2,1H3,(H,35,39)(H,40,41)/t20-,25?,26?/m0/s1. The minimum atomic E-state index is -1.06. The Morgan fingerprint density at radius 2 is 1.88 bits per heavy atom. The summed E-state index contributed by atoms with van der Waals surface area (Å²) in [4.78, 5) is 42.1. The molecule has 226 valence electrons. The van der Waals surface area contributed by atoms with Crippen molar-refractivity contribution in [3.63, 3.8) is 0 Å². The van der Waals surface area contributed by atoms with Crippen LogP contribution in [-0.2, 0) is 11.3 Å². The van der Waals surface area contributed by atoms with Gasteiger partial charge in [-0.05, 0) is 73.6 Å². The van der Waals surface area contributed by atoms with Gasteiger partial charge in [0.1, 0.15) is 23.4 Å². The van der Waals surface area contributed by atoms with Crippen LogP contribution in [0.2, 0.25) is 0 Å². The summed E-state index contributed by atoms with van der Waals surface area (Å²) < 4.78 is 25.8. The van der Waals surface area contributed by atoms with Gasteiger partial charge in [-0.1, -0.05) is 24.3 Å². The summed E-state index contributed by atoms with van der Waals surface area (Å²) in [5, 5.41) is 14.3. The normalized spacial score (nSPS) is 20.7. The van der Waals surface area contributed by atoms with Gasteiger partial charge >= 0.3 is 6.09 Å². The van der Waals surface area contributed by atoms with Crippen LogP contribution in [0.4, 0.5) is 9.18 Å². The number of morpholine rings is 1. The molecular formula is C32H35FN4O6. The molecule has 0 unspecified atom stereocenters. The van der Waals surface area contributed by atoms with Gasteiger partial charge in [0, 0.05) is 36.8 Å². The predicted molar refractivity (Wildman–Crippen MR) is 157 cm³/mol. The van der Waals surface area contributed by atoms with E-state index in [9.17, 15) is 18.8 Å². The molecule has 0 bridgehead atoms. The van der Waals surface area contributed by atoms with Gasteiger partial charge in [0.2, 0.25) is 5.88 Å². The number of carbonyl (C=O) groups is 3. The second kappa shape index (κ2) is 13.7. The summed E-state index contributed by atoms with van der Waals surface area (Å²) >= 11 is 0. The number of hydrogen-bond donors (Lipinski definition) is 3. The van der Waals surface area contributed by atoms with Crippen molar-refractivity contribution in [2.75, 3.05) is 19.8 Å². The highest BCUT2D eigenvalue weighted by atomic mass is 19.1. The Labute approximate surface area is 249 Å². The van der Waals surface area contributed by atoms with Gasteiger partial charge in [0.25, 0.3) is 5.91 Å². The Morgan fingerprint density at radius 3 is 2.60 bits per heavy atom. The minimum Gasteiger partial charge on any atom is -0.465 e. The SMILES string of the molecule is C[C@H]1COCCN1Cc1cc(C=O)ccc1-c1cccc(Oc2ncc(F)cc2C(=O)NC2CCC(NC(=O)O)CC2)c1. The molecule has 1 aliphatic carbocycles. The molecule has 1 aliphatic heterocycles. The number of carboxylic acid groups (broad SMARTS) is 1. The van der Waals surface area contributed by atoms with Crippen LogP contribution in [0.3, 0.4) is 0 Å². The predicted octanol–water partition coefficient (Wildman–Crippen LogP) is 5.02. The van der Waals surface area contributed by atoms with E-state index in [-0.39, 0.29) is 29.6 Å². The molecular weight excluding hydrogens is 555 g/mol. The summed E-state index contributed by atoms with van der Waals surface area (Å²) in [5.41, 5.74) is 3.33. The Hall–Kier alpha value is -4.35. The van der Waals surface area contributed by atoms with Crippen LogP contribution in [-0.4, -0.2) is 71.2 Å². The van der Waals surface area contributed by atoms with Crippen molar-refractivity contribution < 1.29 is 33.4 Å². The van der Waals surface area contributed by atoms with Gasteiger partial charge in [-0.25, -0.2) is 14.2 Å². The summed E-state index contributed by atoms with van der Waals surface area (Å²) in [6, 6.07) is 13.9. The fourth-order valence-electron chi connectivity index (χ4n) is 5.64. The molecule has 1 saturated carbocycles. The zero-order chi connectivity index (χ0) is 30.3. The van der Waals surface area contributed by atoms with E-state index < -0.39 is 17.8 Å². The molecule has 2 amide bonds. The molecule has 10 nitrogen and oxygen atoms in total. The number of amides is 2. The van der Waals surface area contributed by atoms with E-state index >= 15 is 0 Å². The van der Waals surface area contributed by atoms with Crippen molar-refractivity contribution in [3.05, 3.63) is 77.2 Å². The highest BCUT2D eigenvalue weighted by Gasteiger charge is 2.26. The molecule has 1 aromatic heterocycles. The fourth-order valence-corrected chi connectivity index (χ4v) is 5.64. The quantitative estimate of drug-likeness (QED) is 0.296. The number of rotatable bonds is 9. The molecule has 3 aromatic rings. The smallest absolute Gasteiger partial charge is 0.404 e. The number of hydrogen-bond acceptors (Lipinski definition) is 7. The zero-order valence-electron chi connectivity index (χ0n) is 23.9. The summed E-state index contributed by atoms with van der Waals surface area (Å²) in [7, 11) is 0. The Morgan fingerprint density at radius 1 is 1.12 bits per heavy atom. The molecule has 2 aliphatic rings. The first kappa shape index (κ1) is 30.1. The number of carbonyl (C=O) groups excluding carboxylic acids is 2. The third kappa shape index (κ3) is 7.74.